The minimum Gasteiger partial charge on any atom is -0.379 e. The Morgan fingerprint density at radius 2 is 2.18 bits per heavy atom. The summed E-state index contributed by atoms with van der Waals surface area (Å²) in [6.07, 6.45) is 5.42. The van der Waals surface area contributed by atoms with Crippen LogP contribution in [0, 0.1) is 10.1 Å². The maximum Gasteiger partial charge on any atom is 0.294 e. The lowest BCUT2D eigenvalue weighted by Crippen LogP contribution is -2.05. The van der Waals surface area contributed by atoms with Gasteiger partial charge in [-0.05, 0) is 35.4 Å². The molecule has 1 aromatic carbocycles. The van der Waals surface area contributed by atoms with E-state index in [-0.39, 0.29) is 5.69 Å². The second kappa shape index (κ2) is 7.81. The van der Waals surface area contributed by atoms with E-state index in [4.69, 9.17) is 0 Å². The van der Waals surface area contributed by atoms with E-state index < -0.39 is 4.92 Å². The Bertz CT molecular complexity index is 629. The Kier molecular flexibility index (Phi) is 5.52. The number of rotatable bonds is 9. The minimum atomic E-state index is -0.442. The van der Waals surface area contributed by atoms with E-state index in [1.54, 1.807) is 12.1 Å². The molecule has 0 aliphatic carbocycles. The van der Waals surface area contributed by atoms with Crippen LogP contribution in [0.25, 0.3) is 5.69 Å². The highest BCUT2D eigenvalue weighted by Crippen LogP contribution is 2.26. The first-order valence-electron chi connectivity index (χ1n) is 6.91. The molecule has 2 rings (SSSR count). The number of hydrogen-bond donors (Lipinski definition) is 1. The molecular weight excluding hydrogens is 288 g/mol. The fourth-order valence-corrected chi connectivity index (χ4v) is 2.00. The molecule has 0 unspecified atom stereocenters. The molecule has 0 atom stereocenters. The number of carbonyl (C=O) groups is 1. The van der Waals surface area contributed by atoms with Crippen molar-refractivity contribution in [1.29, 1.82) is 0 Å². The predicted molar refractivity (Wildman–Crippen MR) is 78.8 cm³/mol. The highest BCUT2D eigenvalue weighted by molar-refractivity contribution is 5.65. The Morgan fingerprint density at radius 1 is 1.32 bits per heavy atom. The molecule has 1 heterocycles. The molecule has 0 bridgehead atoms. The summed E-state index contributed by atoms with van der Waals surface area (Å²) in [5.41, 5.74) is 0.950. The molecule has 0 fully saturated rings. The smallest absolute Gasteiger partial charge is 0.294 e. The largest absolute Gasteiger partial charge is 0.379 e. The monoisotopic (exact) mass is 304 g/mol. The summed E-state index contributed by atoms with van der Waals surface area (Å²) < 4.78 is 1.36. The van der Waals surface area contributed by atoms with E-state index in [1.165, 1.54) is 17.1 Å². The Hall–Kier alpha value is -2.84. The lowest BCUT2D eigenvalue weighted by molar-refractivity contribution is -0.383. The first kappa shape index (κ1) is 15.5. The first-order valence-corrected chi connectivity index (χ1v) is 6.91. The number of hydrogen-bond acceptors (Lipinski definition) is 7. The maximum atomic E-state index is 11.2. The Balaban J connectivity index is 2.01. The van der Waals surface area contributed by atoms with Crippen molar-refractivity contribution in [2.75, 3.05) is 11.9 Å². The van der Waals surface area contributed by atoms with Gasteiger partial charge in [-0.15, -0.1) is 5.10 Å². The van der Waals surface area contributed by atoms with Crippen LogP contribution in [-0.2, 0) is 4.79 Å². The van der Waals surface area contributed by atoms with Crippen LogP contribution < -0.4 is 5.32 Å². The van der Waals surface area contributed by atoms with Crippen molar-refractivity contribution in [2.24, 2.45) is 0 Å². The van der Waals surface area contributed by atoms with Crippen molar-refractivity contribution in [3.63, 3.8) is 0 Å². The molecule has 0 amide bonds. The summed E-state index contributed by atoms with van der Waals surface area (Å²) >= 11 is 0. The lowest BCUT2D eigenvalue weighted by Gasteiger charge is -2.08. The molecule has 0 spiro atoms. The molecule has 0 radical (unpaired) electrons. The van der Waals surface area contributed by atoms with E-state index in [0.717, 1.165) is 25.5 Å². The van der Waals surface area contributed by atoms with Gasteiger partial charge in [-0.25, -0.2) is 4.68 Å². The number of carbonyl (C=O) groups excluding carboxylic acids is 1. The van der Waals surface area contributed by atoms with Gasteiger partial charge < -0.3 is 10.1 Å². The molecule has 116 valence electrons. The maximum absolute atomic E-state index is 11.2. The number of nitro benzene ring substituents is 1. The van der Waals surface area contributed by atoms with Gasteiger partial charge in [-0.3, -0.25) is 10.1 Å². The van der Waals surface area contributed by atoms with Crippen LogP contribution in [-0.4, -0.2) is 38.0 Å². The van der Waals surface area contributed by atoms with E-state index >= 15 is 0 Å². The van der Waals surface area contributed by atoms with Crippen molar-refractivity contribution < 1.29 is 9.72 Å². The van der Waals surface area contributed by atoms with Gasteiger partial charge in [0.2, 0.25) is 0 Å². The molecular formula is C13H16N6O3. The van der Waals surface area contributed by atoms with Crippen LogP contribution in [0.4, 0.5) is 11.4 Å². The molecule has 0 saturated carbocycles. The number of aromatic nitrogens is 4. The van der Waals surface area contributed by atoms with Gasteiger partial charge in [0, 0.05) is 19.0 Å². The van der Waals surface area contributed by atoms with Gasteiger partial charge >= 0.3 is 0 Å². The quantitative estimate of drug-likeness (QED) is 0.324. The van der Waals surface area contributed by atoms with E-state index in [9.17, 15) is 14.9 Å². The summed E-state index contributed by atoms with van der Waals surface area (Å²) in [5.74, 6) is 0. The fourth-order valence-electron chi connectivity index (χ4n) is 2.00. The molecule has 0 aliphatic heterocycles. The van der Waals surface area contributed by atoms with Crippen LogP contribution in [0.1, 0.15) is 25.7 Å². The molecule has 2 aromatic rings. The number of tetrazole rings is 1. The number of benzene rings is 1. The predicted octanol–water partition coefficient (Wildman–Crippen LogP) is 1.74. The summed E-state index contributed by atoms with van der Waals surface area (Å²) in [6, 6.07) is 4.77. The zero-order valence-corrected chi connectivity index (χ0v) is 11.9. The van der Waals surface area contributed by atoms with Crippen molar-refractivity contribution in [1.82, 2.24) is 20.2 Å². The van der Waals surface area contributed by atoms with Crippen LogP contribution in [0.2, 0.25) is 0 Å². The third-order valence-corrected chi connectivity index (χ3v) is 3.11. The molecule has 0 saturated heterocycles. The molecule has 1 aromatic heterocycles. The second-order valence-electron chi connectivity index (χ2n) is 4.66. The van der Waals surface area contributed by atoms with Gasteiger partial charge in [0.25, 0.3) is 5.69 Å². The third-order valence-electron chi connectivity index (χ3n) is 3.11. The zero-order valence-electron chi connectivity index (χ0n) is 11.9. The van der Waals surface area contributed by atoms with Crippen molar-refractivity contribution in [3.05, 3.63) is 34.6 Å². The second-order valence-corrected chi connectivity index (χ2v) is 4.66. The SMILES string of the molecule is O=CCCCCCNc1ccc(-n2cnnn2)cc1[N+](=O)[O-]. The summed E-state index contributed by atoms with van der Waals surface area (Å²) in [5, 5.41) is 24.9. The number of unbranched alkanes of at least 4 members (excludes halogenated alkanes) is 3. The summed E-state index contributed by atoms with van der Waals surface area (Å²) in [7, 11) is 0. The topological polar surface area (TPSA) is 116 Å². The van der Waals surface area contributed by atoms with Crippen molar-refractivity contribution in [2.45, 2.75) is 25.7 Å². The van der Waals surface area contributed by atoms with Gasteiger partial charge in [0.15, 0.2) is 0 Å². The van der Waals surface area contributed by atoms with E-state index in [0.29, 0.717) is 24.3 Å². The zero-order chi connectivity index (χ0) is 15.8. The summed E-state index contributed by atoms with van der Waals surface area (Å²) in [4.78, 5) is 20.9. The average Bonchev–Trinajstić information content (AvgIpc) is 3.05. The normalized spacial score (nSPS) is 10.4. The molecule has 9 nitrogen and oxygen atoms in total. The molecule has 1 N–H and O–H groups in total. The van der Waals surface area contributed by atoms with E-state index in [2.05, 4.69) is 20.8 Å². The Labute approximate surface area is 126 Å². The minimum absolute atomic E-state index is 0.0270. The average molecular weight is 304 g/mol. The molecule has 0 aliphatic rings. The number of nitrogens with zero attached hydrogens (tertiary/aromatic N) is 5. The Morgan fingerprint density at radius 3 is 2.86 bits per heavy atom. The fraction of sp³-hybridized carbons (Fsp3) is 0.385. The highest BCUT2D eigenvalue weighted by atomic mass is 16.6. The van der Waals surface area contributed by atoms with Gasteiger partial charge in [0.05, 0.1) is 10.6 Å². The highest BCUT2D eigenvalue weighted by Gasteiger charge is 2.15. The molecule has 9 heteroatoms. The van der Waals surface area contributed by atoms with Crippen LogP contribution >= 0.6 is 0 Å². The number of nitro groups is 1. The van der Waals surface area contributed by atoms with Gasteiger partial charge in [-0.2, -0.15) is 0 Å². The van der Waals surface area contributed by atoms with E-state index in [1.807, 2.05) is 0 Å². The molecule has 22 heavy (non-hydrogen) atoms. The first-order chi connectivity index (χ1) is 10.7. The lowest BCUT2D eigenvalue weighted by atomic mass is 10.2. The third kappa shape index (κ3) is 4.08. The van der Waals surface area contributed by atoms with Crippen LogP contribution in [0.15, 0.2) is 24.5 Å². The number of nitrogens with one attached hydrogen (secondary N) is 1. The number of aldehydes is 1. The van der Waals surface area contributed by atoms with Crippen LogP contribution in [0.5, 0.6) is 0 Å². The summed E-state index contributed by atoms with van der Waals surface area (Å²) in [6.45, 7) is 0.615. The number of anilines is 1. The standard InChI is InChI=1S/C13H16N6O3/c20-8-4-2-1-3-7-14-12-6-5-11(9-13(12)19(21)22)18-10-15-16-17-18/h5-6,8-10,14H,1-4,7H2. The van der Waals surface area contributed by atoms with Crippen molar-refractivity contribution in [3.8, 4) is 5.69 Å². The van der Waals surface area contributed by atoms with Gasteiger partial charge in [-0.1, -0.05) is 6.42 Å². The van der Waals surface area contributed by atoms with Crippen molar-refractivity contribution >= 4 is 17.7 Å². The van der Waals surface area contributed by atoms with Gasteiger partial charge in [0.1, 0.15) is 18.3 Å². The van der Waals surface area contributed by atoms with Crippen LogP contribution in [0.3, 0.4) is 0 Å².